The molecule has 29 heavy (non-hydrogen) atoms. The number of hydrogen-bond donors (Lipinski definition) is 4. The fourth-order valence-corrected chi connectivity index (χ4v) is 2.65. The molecule has 0 radical (unpaired) electrons. The number of aliphatic hydroxyl groups is 2. The number of pyridine rings is 1. The molecular formula is C19H16ClF2N3O4. The summed E-state index contributed by atoms with van der Waals surface area (Å²) in [4.78, 5) is 21.3. The van der Waals surface area contributed by atoms with Crippen molar-refractivity contribution in [1.29, 1.82) is 0 Å². The first-order valence-corrected chi connectivity index (χ1v) is 8.78. The van der Waals surface area contributed by atoms with E-state index in [0.717, 1.165) is 12.1 Å². The van der Waals surface area contributed by atoms with Gasteiger partial charge in [0.05, 0.1) is 35.3 Å². The molecule has 0 aliphatic rings. The van der Waals surface area contributed by atoms with Crippen LogP contribution in [0.25, 0.3) is 10.9 Å². The van der Waals surface area contributed by atoms with E-state index in [-0.39, 0.29) is 12.2 Å². The summed E-state index contributed by atoms with van der Waals surface area (Å²) >= 11 is 5.92. The summed E-state index contributed by atoms with van der Waals surface area (Å²) in [6, 6.07) is 8.55. The molecule has 0 aliphatic carbocycles. The largest absolute Gasteiger partial charge is 0.394 e. The van der Waals surface area contributed by atoms with Gasteiger partial charge in [0, 0.05) is 10.4 Å². The van der Waals surface area contributed by atoms with E-state index in [0.29, 0.717) is 21.6 Å². The first-order chi connectivity index (χ1) is 13.9. The highest BCUT2D eigenvalue weighted by atomic mass is 35.5. The van der Waals surface area contributed by atoms with Crippen molar-refractivity contribution < 1.29 is 28.6 Å². The lowest BCUT2D eigenvalue weighted by Gasteiger charge is -2.14. The maximum absolute atomic E-state index is 14.4. The van der Waals surface area contributed by atoms with E-state index < -0.39 is 35.9 Å². The van der Waals surface area contributed by atoms with E-state index in [4.69, 9.17) is 21.5 Å². The van der Waals surface area contributed by atoms with E-state index in [1.165, 1.54) is 6.20 Å². The number of halogens is 3. The summed E-state index contributed by atoms with van der Waals surface area (Å²) in [5.74, 6) is -3.29. The number of fused-ring (bicyclic) bond motifs is 1. The zero-order chi connectivity index (χ0) is 21.0. The molecule has 0 spiro atoms. The summed E-state index contributed by atoms with van der Waals surface area (Å²) in [7, 11) is 0. The number of carbonyl (C=O) groups is 1. The summed E-state index contributed by atoms with van der Waals surface area (Å²) in [5, 5.41) is 21.8. The Bertz CT molecular complexity index is 1050. The van der Waals surface area contributed by atoms with Crippen molar-refractivity contribution >= 4 is 39.8 Å². The molecule has 1 aromatic heterocycles. The average Bonchev–Trinajstić information content (AvgIpc) is 2.71. The molecule has 0 saturated heterocycles. The number of aliphatic hydroxyl groups excluding tert-OH is 2. The molecule has 0 fully saturated rings. The topological polar surface area (TPSA) is 104 Å². The molecule has 0 aliphatic heterocycles. The SMILES string of the molecule is O=C(NOC[C@H](O)CO)c1ccc(F)c(F)c1Nc1cnc2cc(Cl)ccc2c1. The van der Waals surface area contributed by atoms with E-state index >= 15 is 0 Å². The molecule has 3 aromatic rings. The summed E-state index contributed by atoms with van der Waals surface area (Å²) in [6.45, 7) is -0.945. The fraction of sp³-hybridized carbons (Fsp3) is 0.158. The molecule has 4 N–H and O–H groups in total. The predicted octanol–water partition coefficient (Wildman–Crippen LogP) is 2.92. The van der Waals surface area contributed by atoms with Crippen molar-refractivity contribution in [1.82, 2.24) is 10.5 Å². The molecular weight excluding hydrogens is 408 g/mol. The number of aromatic nitrogens is 1. The third-order valence-corrected chi connectivity index (χ3v) is 4.14. The van der Waals surface area contributed by atoms with Crippen LogP contribution < -0.4 is 10.8 Å². The summed E-state index contributed by atoms with van der Waals surface area (Å²) in [5.41, 5.74) is 2.28. The van der Waals surface area contributed by atoms with Crippen molar-refractivity contribution in [3.63, 3.8) is 0 Å². The van der Waals surface area contributed by atoms with Gasteiger partial charge in [-0.2, -0.15) is 0 Å². The normalized spacial score (nSPS) is 12.0. The Balaban J connectivity index is 1.87. The van der Waals surface area contributed by atoms with Crippen LogP contribution in [0.15, 0.2) is 42.6 Å². The van der Waals surface area contributed by atoms with Crippen LogP contribution in [0.2, 0.25) is 5.02 Å². The minimum absolute atomic E-state index is 0.237. The highest BCUT2D eigenvalue weighted by Crippen LogP contribution is 2.28. The standard InChI is InChI=1S/C19H16ClF2N3O4/c20-11-2-1-10-5-12(7-23-16(10)6-11)24-18-14(3-4-15(21)17(18)22)19(28)25-29-9-13(27)8-26/h1-7,13,24,26-27H,8-9H2,(H,25,28)/t13-/m1/s1. The highest BCUT2D eigenvalue weighted by Gasteiger charge is 2.20. The monoisotopic (exact) mass is 423 g/mol. The minimum Gasteiger partial charge on any atom is -0.394 e. The van der Waals surface area contributed by atoms with Crippen molar-refractivity contribution in [3.05, 3.63) is 64.8 Å². The summed E-state index contributed by atoms with van der Waals surface area (Å²) < 4.78 is 28.2. The first kappa shape index (κ1) is 20.9. The van der Waals surface area contributed by atoms with Crippen LogP contribution in [-0.4, -0.2) is 40.4 Å². The summed E-state index contributed by atoms with van der Waals surface area (Å²) in [6.07, 6.45) is 0.189. The Morgan fingerprint density at radius 1 is 1.24 bits per heavy atom. The third-order valence-electron chi connectivity index (χ3n) is 3.91. The van der Waals surface area contributed by atoms with Crippen LogP contribution in [0, 0.1) is 11.6 Å². The van der Waals surface area contributed by atoms with E-state index in [1.54, 1.807) is 24.3 Å². The molecule has 7 nitrogen and oxygen atoms in total. The molecule has 10 heteroatoms. The van der Waals surface area contributed by atoms with Gasteiger partial charge in [0.1, 0.15) is 12.7 Å². The maximum Gasteiger partial charge on any atom is 0.277 e. The van der Waals surface area contributed by atoms with Gasteiger partial charge in [-0.25, -0.2) is 14.3 Å². The molecule has 0 unspecified atom stereocenters. The Morgan fingerprint density at radius 2 is 2.03 bits per heavy atom. The molecule has 1 amide bonds. The zero-order valence-corrected chi connectivity index (χ0v) is 15.6. The second-order valence-corrected chi connectivity index (χ2v) is 6.48. The van der Waals surface area contributed by atoms with Gasteiger partial charge in [-0.15, -0.1) is 0 Å². The van der Waals surface area contributed by atoms with Gasteiger partial charge >= 0.3 is 0 Å². The zero-order valence-electron chi connectivity index (χ0n) is 14.8. The third kappa shape index (κ3) is 4.96. The van der Waals surface area contributed by atoms with Crippen LogP contribution in [0.4, 0.5) is 20.2 Å². The Kier molecular flexibility index (Phi) is 6.55. The van der Waals surface area contributed by atoms with Gasteiger partial charge < -0.3 is 15.5 Å². The lowest BCUT2D eigenvalue weighted by molar-refractivity contribution is -0.0295. The van der Waals surface area contributed by atoms with Crippen LogP contribution in [-0.2, 0) is 4.84 Å². The van der Waals surface area contributed by atoms with Crippen LogP contribution in [0.3, 0.4) is 0 Å². The lowest BCUT2D eigenvalue weighted by atomic mass is 10.1. The van der Waals surface area contributed by atoms with Crippen molar-refractivity contribution in [2.24, 2.45) is 0 Å². The molecule has 152 valence electrons. The fourth-order valence-electron chi connectivity index (χ4n) is 2.48. The molecule has 3 rings (SSSR count). The quantitative estimate of drug-likeness (QED) is 0.436. The van der Waals surface area contributed by atoms with Crippen molar-refractivity contribution in [3.8, 4) is 0 Å². The van der Waals surface area contributed by atoms with Gasteiger partial charge in [-0.3, -0.25) is 14.6 Å². The van der Waals surface area contributed by atoms with Gasteiger partial charge in [-0.1, -0.05) is 17.7 Å². The van der Waals surface area contributed by atoms with Gasteiger partial charge in [0.15, 0.2) is 11.6 Å². The second-order valence-electron chi connectivity index (χ2n) is 6.05. The van der Waals surface area contributed by atoms with E-state index in [1.807, 2.05) is 5.48 Å². The van der Waals surface area contributed by atoms with E-state index in [9.17, 15) is 18.7 Å². The number of carbonyl (C=O) groups excluding carboxylic acids is 1. The smallest absolute Gasteiger partial charge is 0.277 e. The van der Waals surface area contributed by atoms with Crippen LogP contribution in [0.1, 0.15) is 10.4 Å². The number of rotatable bonds is 7. The van der Waals surface area contributed by atoms with Crippen molar-refractivity contribution in [2.45, 2.75) is 6.10 Å². The Hall–Kier alpha value is -2.85. The number of nitrogens with one attached hydrogen (secondary N) is 2. The highest BCUT2D eigenvalue weighted by molar-refractivity contribution is 6.31. The first-order valence-electron chi connectivity index (χ1n) is 8.40. The van der Waals surface area contributed by atoms with Gasteiger partial charge in [-0.05, 0) is 30.3 Å². The van der Waals surface area contributed by atoms with E-state index in [2.05, 4.69) is 10.3 Å². The number of benzene rings is 2. The predicted molar refractivity (Wildman–Crippen MR) is 103 cm³/mol. The molecule has 1 heterocycles. The maximum atomic E-state index is 14.4. The number of hydroxylamine groups is 1. The average molecular weight is 424 g/mol. The number of anilines is 2. The molecule has 0 bridgehead atoms. The minimum atomic E-state index is -1.26. The number of nitrogens with zero attached hydrogens (tertiary/aromatic N) is 1. The number of amides is 1. The van der Waals surface area contributed by atoms with Crippen LogP contribution >= 0.6 is 11.6 Å². The second kappa shape index (κ2) is 9.10. The van der Waals surface area contributed by atoms with Crippen molar-refractivity contribution in [2.75, 3.05) is 18.5 Å². The number of hydrogen-bond acceptors (Lipinski definition) is 6. The van der Waals surface area contributed by atoms with Gasteiger partial charge in [0.25, 0.3) is 5.91 Å². The lowest BCUT2D eigenvalue weighted by Crippen LogP contribution is -2.30. The Labute approximate surface area is 168 Å². The van der Waals surface area contributed by atoms with Gasteiger partial charge in [0.2, 0.25) is 0 Å². The molecule has 1 atom stereocenters. The molecule has 2 aromatic carbocycles. The Morgan fingerprint density at radius 3 is 2.79 bits per heavy atom. The van der Waals surface area contributed by atoms with Crippen LogP contribution in [0.5, 0.6) is 0 Å². The molecule has 0 saturated carbocycles.